The van der Waals surface area contributed by atoms with Gasteiger partial charge in [-0.3, -0.25) is 19.3 Å². The van der Waals surface area contributed by atoms with Crippen LogP contribution in [-0.2, 0) is 16.1 Å². The summed E-state index contributed by atoms with van der Waals surface area (Å²) in [5.41, 5.74) is 4.31. The maximum absolute atomic E-state index is 13.0. The number of imide groups is 1. The summed E-state index contributed by atoms with van der Waals surface area (Å²) in [6.45, 7) is 3.90. The van der Waals surface area contributed by atoms with Gasteiger partial charge in [-0.05, 0) is 88.6 Å². The largest absolute Gasteiger partial charge is 0.493 e. The highest BCUT2D eigenvalue weighted by Crippen LogP contribution is 2.39. The van der Waals surface area contributed by atoms with Crippen LogP contribution in [0.3, 0.4) is 0 Å². The Kier molecular flexibility index (Phi) is 8.35. The van der Waals surface area contributed by atoms with Gasteiger partial charge in [-0.15, -0.1) is 0 Å². The molecule has 1 N–H and O–H groups in total. The summed E-state index contributed by atoms with van der Waals surface area (Å²) in [6.07, 6.45) is 1.64. The van der Waals surface area contributed by atoms with Crippen LogP contribution in [0, 0.1) is 13.8 Å². The van der Waals surface area contributed by atoms with Crippen LogP contribution in [0.5, 0.6) is 11.5 Å². The fourth-order valence-corrected chi connectivity index (χ4v) is 5.21. The number of hydrogen-bond donors (Lipinski definition) is 1. The van der Waals surface area contributed by atoms with Crippen molar-refractivity contribution in [3.8, 4) is 11.5 Å². The molecule has 0 aromatic heterocycles. The maximum atomic E-state index is 13.0. The number of hydrogen-bond acceptors (Lipinski definition) is 6. The van der Waals surface area contributed by atoms with E-state index in [2.05, 4.69) is 21.2 Å². The number of carbonyl (C=O) groups excluding carboxylic acids is 3. The van der Waals surface area contributed by atoms with Crippen molar-refractivity contribution >= 4 is 56.5 Å². The molecule has 1 fully saturated rings. The summed E-state index contributed by atoms with van der Waals surface area (Å²) in [5.74, 6) is 0.0696. The quantitative estimate of drug-likeness (QED) is 0.313. The van der Waals surface area contributed by atoms with Crippen LogP contribution in [0.15, 0.2) is 70.0 Å². The molecule has 0 bridgehead atoms. The molecule has 0 aliphatic carbocycles. The van der Waals surface area contributed by atoms with E-state index in [1.165, 1.54) is 12.0 Å². The molecule has 4 rings (SSSR count). The Morgan fingerprint density at radius 3 is 2.49 bits per heavy atom. The molecule has 3 aromatic carbocycles. The lowest BCUT2D eigenvalue weighted by Crippen LogP contribution is -2.27. The van der Waals surface area contributed by atoms with Gasteiger partial charge in [-0.2, -0.15) is 0 Å². The fourth-order valence-electron chi connectivity index (χ4n) is 3.80. The molecule has 0 spiro atoms. The molecule has 0 saturated carbocycles. The van der Waals surface area contributed by atoms with Crippen molar-refractivity contribution in [1.29, 1.82) is 0 Å². The van der Waals surface area contributed by atoms with Gasteiger partial charge in [0.1, 0.15) is 0 Å². The Hall–Kier alpha value is -3.56. The van der Waals surface area contributed by atoms with Crippen molar-refractivity contribution in [2.45, 2.75) is 20.4 Å². The second-order valence-corrected chi connectivity index (χ2v) is 10.3. The average Bonchev–Trinajstić information content (AvgIpc) is 3.10. The number of ether oxygens (including phenoxy) is 2. The number of nitrogens with one attached hydrogen (secondary N) is 1. The van der Waals surface area contributed by atoms with E-state index in [1.807, 2.05) is 56.3 Å². The first-order chi connectivity index (χ1) is 17.7. The zero-order chi connectivity index (χ0) is 26.5. The molecular formula is C28H25BrN2O5S. The predicted molar refractivity (Wildman–Crippen MR) is 149 cm³/mol. The van der Waals surface area contributed by atoms with Crippen LogP contribution in [0.25, 0.3) is 6.08 Å². The summed E-state index contributed by atoms with van der Waals surface area (Å²) in [4.78, 5) is 39.5. The minimum Gasteiger partial charge on any atom is -0.493 e. The number of carbonyl (C=O) groups is 3. The van der Waals surface area contributed by atoms with Crippen LogP contribution in [0.2, 0.25) is 0 Å². The number of aryl methyl sites for hydroxylation is 2. The number of amides is 3. The highest BCUT2D eigenvalue weighted by molar-refractivity contribution is 9.10. The molecule has 7 nitrogen and oxygen atoms in total. The Balaban J connectivity index is 1.47. The molecule has 3 aromatic rings. The molecule has 1 aliphatic heterocycles. The van der Waals surface area contributed by atoms with Crippen LogP contribution >= 0.6 is 27.7 Å². The van der Waals surface area contributed by atoms with Crippen molar-refractivity contribution in [2.24, 2.45) is 0 Å². The SMILES string of the molecule is COc1cc(/C=C2\SC(=O)N(Cc3cccc(C)c3)C2=O)cc(Br)c1OCC(=O)Nc1cccc(C)c1. The summed E-state index contributed by atoms with van der Waals surface area (Å²) in [7, 11) is 1.49. The summed E-state index contributed by atoms with van der Waals surface area (Å²) in [6, 6.07) is 18.6. The van der Waals surface area contributed by atoms with Crippen LogP contribution in [-0.4, -0.2) is 35.7 Å². The van der Waals surface area contributed by atoms with Gasteiger partial charge in [0.25, 0.3) is 17.1 Å². The number of methoxy groups -OCH3 is 1. The second kappa shape index (κ2) is 11.7. The molecule has 1 heterocycles. The van der Waals surface area contributed by atoms with E-state index in [4.69, 9.17) is 9.47 Å². The molecule has 1 saturated heterocycles. The highest BCUT2D eigenvalue weighted by atomic mass is 79.9. The van der Waals surface area contributed by atoms with Gasteiger partial charge in [-0.25, -0.2) is 0 Å². The Morgan fingerprint density at radius 1 is 1.05 bits per heavy atom. The number of benzene rings is 3. The topological polar surface area (TPSA) is 84.9 Å². The fraction of sp³-hybridized carbons (Fsp3) is 0.179. The predicted octanol–water partition coefficient (Wildman–Crippen LogP) is 6.33. The molecular weight excluding hydrogens is 556 g/mol. The van der Waals surface area contributed by atoms with E-state index in [0.29, 0.717) is 32.1 Å². The number of halogens is 1. The lowest BCUT2D eigenvalue weighted by atomic mass is 10.1. The first kappa shape index (κ1) is 26.5. The first-order valence-corrected chi connectivity index (χ1v) is 13.0. The van der Waals surface area contributed by atoms with Gasteiger partial charge in [0.2, 0.25) is 0 Å². The number of anilines is 1. The van der Waals surface area contributed by atoms with Crippen LogP contribution in [0.4, 0.5) is 10.5 Å². The Morgan fingerprint density at radius 2 is 1.78 bits per heavy atom. The molecule has 190 valence electrons. The molecule has 3 amide bonds. The molecule has 0 unspecified atom stereocenters. The van der Waals surface area contributed by atoms with Gasteiger partial charge in [-0.1, -0.05) is 42.0 Å². The van der Waals surface area contributed by atoms with Gasteiger partial charge >= 0.3 is 0 Å². The third-order valence-electron chi connectivity index (χ3n) is 5.50. The Bertz CT molecular complexity index is 1410. The van der Waals surface area contributed by atoms with E-state index in [9.17, 15) is 14.4 Å². The van der Waals surface area contributed by atoms with Crippen molar-refractivity contribution in [3.05, 3.63) is 92.3 Å². The molecule has 37 heavy (non-hydrogen) atoms. The average molecular weight is 581 g/mol. The van der Waals surface area contributed by atoms with Gasteiger partial charge < -0.3 is 14.8 Å². The minimum absolute atomic E-state index is 0.216. The van der Waals surface area contributed by atoms with Crippen molar-refractivity contribution < 1.29 is 23.9 Å². The molecule has 0 radical (unpaired) electrons. The monoisotopic (exact) mass is 580 g/mol. The lowest BCUT2D eigenvalue weighted by Gasteiger charge is -2.14. The van der Waals surface area contributed by atoms with Crippen molar-refractivity contribution in [1.82, 2.24) is 4.90 Å². The highest BCUT2D eigenvalue weighted by Gasteiger charge is 2.35. The zero-order valence-electron chi connectivity index (χ0n) is 20.5. The number of thioether (sulfide) groups is 1. The lowest BCUT2D eigenvalue weighted by molar-refractivity contribution is -0.123. The maximum Gasteiger partial charge on any atom is 0.293 e. The minimum atomic E-state index is -0.347. The van der Waals surface area contributed by atoms with E-state index < -0.39 is 0 Å². The normalized spacial score (nSPS) is 14.3. The standard InChI is InChI=1S/C28H25BrN2O5S/c1-17-6-4-8-19(10-17)15-31-27(33)24(37-28(31)34)14-20-12-22(29)26(23(13-20)35-3)36-16-25(32)30-21-9-5-7-18(2)11-21/h4-14H,15-16H2,1-3H3,(H,30,32)/b24-14-. The van der Waals surface area contributed by atoms with Gasteiger partial charge in [0.15, 0.2) is 18.1 Å². The van der Waals surface area contributed by atoms with Gasteiger partial charge in [0.05, 0.1) is 23.0 Å². The van der Waals surface area contributed by atoms with E-state index in [0.717, 1.165) is 28.5 Å². The number of nitrogens with zero attached hydrogens (tertiary/aromatic N) is 1. The smallest absolute Gasteiger partial charge is 0.293 e. The summed E-state index contributed by atoms with van der Waals surface area (Å²) < 4.78 is 11.8. The van der Waals surface area contributed by atoms with Crippen LogP contribution < -0.4 is 14.8 Å². The molecule has 1 aliphatic rings. The molecule has 9 heteroatoms. The molecule has 0 atom stereocenters. The van der Waals surface area contributed by atoms with Crippen molar-refractivity contribution in [3.63, 3.8) is 0 Å². The van der Waals surface area contributed by atoms with Crippen molar-refractivity contribution in [2.75, 3.05) is 19.0 Å². The first-order valence-electron chi connectivity index (χ1n) is 11.4. The zero-order valence-corrected chi connectivity index (χ0v) is 22.9. The van der Waals surface area contributed by atoms with E-state index >= 15 is 0 Å². The number of rotatable bonds is 8. The summed E-state index contributed by atoms with van der Waals surface area (Å²) >= 11 is 4.37. The summed E-state index contributed by atoms with van der Waals surface area (Å²) in [5, 5.41) is 2.48. The van der Waals surface area contributed by atoms with Gasteiger partial charge in [0, 0.05) is 5.69 Å². The Labute approximate surface area is 228 Å². The van der Waals surface area contributed by atoms with Crippen LogP contribution in [0.1, 0.15) is 22.3 Å². The third-order valence-corrected chi connectivity index (χ3v) is 6.99. The van der Waals surface area contributed by atoms with E-state index in [-0.39, 0.29) is 30.2 Å². The van der Waals surface area contributed by atoms with E-state index in [1.54, 1.807) is 24.3 Å². The third kappa shape index (κ3) is 6.61. The second-order valence-electron chi connectivity index (χ2n) is 8.50.